The summed E-state index contributed by atoms with van der Waals surface area (Å²) >= 11 is 0. The van der Waals surface area contributed by atoms with Crippen LogP contribution in [0.5, 0.6) is 0 Å². The van der Waals surface area contributed by atoms with Gasteiger partial charge in [-0.2, -0.15) is 0 Å². The number of terminal acetylenes is 1. The van der Waals surface area contributed by atoms with Crippen molar-refractivity contribution < 1.29 is 0 Å². The van der Waals surface area contributed by atoms with Crippen molar-refractivity contribution in [2.45, 2.75) is 58.2 Å². The van der Waals surface area contributed by atoms with Crippen LogP contribution in [0.15, 0.2) is 0 Å². The van der Waals surface area contributed by atoms with Crippen molar-refractivity contribution in [2.75, 3.05) is 0 Å². The fourth-order valence-electron chi connectivity index (χ4n) is 1.95. The highest BCUT2D eigenvalue weighted by Crippen LogP contribution is 2.34. The van der Waals surface area contributed by atoms with Crippen molar-refractivity contribution in [1.82, 2.24) is 4.90 Å². The highest BCUT2D eigenvalue weighted by atomic mass is 15.3. The summed E-state index contributed by atoms with van der Waals surface area (Å²) < 4.78 is 0. The van der Waals surface area contributed by atoms with E-state index in [0.29, 0.717) is 6.04 Å². The van der Waals surface area contributed by atoms with Gasteiger partial charge < -0.3 is 0 Å². The zero-order chi connectivity index (χ0) is 9.35. The molecule has 0 aromatic rings. The van der Waals surface area contributed by atoms with Crippen LogP contribution in [0.3, 0.4) is 0 Å². The molecule has 0 heterocycles. The summed E-state index contributed by atoms with van der Waals surface area (Å²) in [4.78, 5) is 2.45. The van der Waals surface area contributed by atoms with Crippen LogP contribution in [-0.2, 0) is 0 Å². The first-order valence-corrected chi connectivity index (χ1v) is 4.75. The molecule has 1 saturated carbocycles. The summed E-state index contributed by atoms with van der Waals surface area (Å²) in [5, 5.41) is 0. The summed E-state index contributed by atoms with van der Waals surface area (Å²) in [6, 6.07) is 1.31. The minimum absolute atomic E-state index is 0.0741. The Hall–Kier alpha value is -0.480. The highest BCUT2D eigenvalue weighted by molar-refractivity contribution is 5.12. The molecule has 0 aromatic heterocycles. The second kappa shape index (κ2) is 3.11. The van der Waals surface area contributed by atoms with Crippen LogP contribution < -0.4 is 0 Å². The van der Waals surface area contributed by atoms with Gasteiger partial charge in [0, 0.05) is 12.1 Å². The SMILES string of the molecule is C#CC(C)(C)N(C(C)C)C1CC1. The molecule has 0 radical (unpaired) electrons. The van der Waals surface area contributed by atoms with Gasteiger partial charge in [0.15, 0.2) is 0 Å². The molecule has 12 heavy (non-hydrogen) atoms. The maximum absolute atomic E-state index is 5.52. The smallest absolute Gasteiger partial charge is 0.0770 e. The van der Waals surface area contributed by atoms with E-state index in [0.717, 1.165) is 6.04 Å². The molecule has 0 aromatic carbocycles. The van der Waals surface area contributed by atoms with Crippen molar-refractivity contribution in [3.8, 4) is 12.3 Å². The van der Waals surface area contributed by atoms with Gasteiger partial charge >= 0.3 is 0 Å². The largest absolute Gasteiger partial charge is 0.282 e. The molecule has 0 unspecified atom stereocenters. The fourth-order valence-corrected chi connectivity index (χ4v) is 1.95. The Kier molecular flexibility index (Phi) is 2.49. The Bertz CT molecular complexity index is 192. The first-order chi connectivity index (χ1) is 5.49. The van der Waals surface area contributed by atoms with Crippen LogP contribution in [0.1, 0.15) is 40.5 Å². The maximum atomic E-state index is 5.52. The van der Waals surface area contributed by atoms with Crippen molar-refractivity contribution in [1.29, 1.82) is 0 Å². The van der Waals surface area contributed by atoms with Crippen LogP contribution in [0.2, 0.25) is 0 Å². The lowest BCUT2D eigenvalue weighted by Crippen LogP contribution is -2.48. The molecule has 1 aliphatic rings. The van der Waals surface area contributed by atoms with Gasteiger partial charge in [0.25, 0.3) is 0 Å². The third-order valence-corrected chi connectivity index (χ3v) is 2.50. The molecule has 0 amide bonds. The molecule has 1 fully saturated rings. The number of nitrogens with zero attached hydrogens (tertiary/aromatic N) is 1. The van der Waals surface area contributed by atoms with E-state index < -0.39 is 0 Å². The summed E-state index contributed by atoms with van der Waals surface area (Å²) in [5.41, 5.74) is -0.0741. The Morgan fingerprint density at radius 1 is 1.42 bits per heavy atom. The van der Waals surface area contributed by atoms with E-state index in [1.807, 2.05) is 0 Å². The van der Waals surface area contributed by atoms with Gasteiger partial charge in [-0.1, -0.05) is 5.92 Å². The minimum atomic E-state index is -0.0741. The Morgan fingerprint density at radius 3 is 2.17 bits per heavy atom. The highest BCUT2D eigenvalue weighted by Gasteiger charge is 2.38. The second-order valence-electron chi connectivity index (χ2n) is 4.44. The lowest BCUT2D eigenvalue weighted by Gasteiger charge is -2.38. The third-order valence-electron chi connectivity index (χ3n) is 2.50. The average Bonchev–Trinajstić information content (AvgIpc) is 2.70. The molecular weight excluding hydrogens is 146 g/mol. The first-order valence-electron chi connectivity index (χ1n) is 4.75. The Labute approximate surface area is 76.1 Å². The van der Waals surface area contributed by atoms with Crippen LogP contribution >= 0.6 is 0 Å². The zero-order valence-electron chi connectivity index (χ0n) is 8.59. The molecule has 1 aliphatic carbocycles. The molecule has 0 spiro atoms. The normalized spacial score (nSPS) is 18.4. The number of hydrogen-bond acceptors (Lipinski definition) is 1. The van der Waals surface area contributed by atoms with Gasteiger partial charge in [0.05, 0.1) is 5.54 Å². The zero-order valence-corrected chi connectivity index (χ0v) is 8.59. The quantitative estimate of drug-likeness (QED) is 0.580. The molecule has 68 valence electrons. The molecule has 0 atom stereocenters. The fraction of sp³-hybridized carbons (Fsp3) is 0.818. The Morgan fingerprint density at radius 2 is 1.92 bits per heavy atom. The molecule has 0 aliphatic heterocycles. The number of hydrogen-bond donors (Lipinski definition) is 0. The first kappa shape index (κ1) is 9.61. The van der Waals surface area contributed by atoms with Crippen LogP contribution in [0.4, 0.5) is 0 Å². The van der Waals surface area contributed by atoms with E-state index in [9.17, 15) is 0 Å². The topological polar surface area (TPSA) is 3.24 Å². The lowest BCUT2D eigenvalue weighted by atomic mass is 10.0. The van der Waals surface area contributed by atoms with E-state index in [4.69, 9.17) is 6.42 Å². The second-order valence-corrected chi connectivity index (χ2v) is 4.44. The molecule has 1 nitrogen and oxygen atoms in total. The van der Waals surface area contributed by atoms with Crippen LogP contribution in [-0.4, -0.2) is 22.5 Å². The predicted molar refractivity (Wildman–Crippen MR) is 52.9 cm³/mol. The van der Waals surface area contributed by atoms with Crippen LogP contribution in [0, 0.1) is 12.3 Å². The van der Waals surface area contributed by atoms with Crippen molar-refractivity contribution in [2.24, 2.45) is 0 Å². The van der Waals surface area contributed by atoms with Crippen LogP contribution in [0.25, 0.3) is 0 Å². The van der Waals surface area contributed by atoms with E-state index in [1.165, 1.54) is 12.8 Å². The summed E-state index contributed by atoms with van der Waals surface area (Å²) in [6.45, 7) is 8.70. The van der Waals surface area contributed by atoms with Gasteiger partial charge in [-0.3, -0.25) is 4.90 Å². The monoisotopic (exact) mass is 165 g/mol. The molecule has 0 N–H and O–H groups in total. The average molecular weight is 165 g/mol. The minimum Gasteiger partial charge on any atom is -0.282 e. The predicted octanol–water partition coefficient (Wildman–Crippen LogP) is 2.27. The van der Waals surface area contributed by atoms with Crippen molar-refractivity contribution in [3.05, 3.63) is 0 Å². The van der Waals surface area contributed by atoms with Gasteiger partial charge in [-0.05, 0) is 40.5 Å². The van der Waals surface area contributed by atoms with E-state index in [-0.39, 0.29) is 5.54 Å². The summed E-state index contributed by atoms with van der Waals surface area (Å²) in [6.07, 6.45) is 8.16. The van der Waals surface area contributed by atoms with E-state index in [1.54, 1.807) is 0 Å². The molecule has 0 bridgehead atoms. The molecule has 1 rings (SSSR count). The lowest BCUT2D eigenvalue weighted by molar-refractivity contribution is 0.118. The maximum Gasteiger partial charge on any atom is 0.0770 e. The third kappa shape index (κ3) is 1.81. The standard InChI is InChI=1S/C11H19N/c1-6-11(4,5)12(9(2)3)10-7-8-10/h1,9-10H,7-8H2,2-5H3. The van der Waals surface area contributed by atoms with Gasteiger partial charge in [0.1, 0.15) is 0 Å². The van der Waals surface area contributed by atoms with Gasteiger partial charge in [0.2, 0.25) is 0 Å². The number of rotatable bonds is 3. The summed E-state index contributed by atoms with van der Waals surface area (Å²) in [7, 11) is 0. The molecule has 1 heteroatoms. The van der Waals surface area contributed by atoms with Gasteiger partial charge in [-0.25, -0.2) is 0 Å². The van der Waals surface area contributed by atoms with Crippen molar-refractivity contribution >= 4 is 0 Å². The molecule has 0 saturated heterocycles. The summed E-state index contributed by atoms with van der Waals surface area (Å²) in [5.74, 6) is 2.87. The molecular formula is C11H19N. The Balaban J connectivity index is 2.72. The van der Waals surface area contributed by atoms with E-state index >= 15 is 0 Å². The van der Waals surface area contributed by atoms with E-state index in [2.05, 4.69) is 38.5 Å². The van der Waals surface area contributed by atoms with Gasteiger partial charge in [-0.15, -0.1) is 6.42 Å². The van der Waals surface area contributed by atoms with Crippen molar-refractivity contribution in [3.63, 3.8) is 0 Å².